The first kappa shape index (κ1) is 27.1. The molecule has 13 nitrogen and oxygen atoms in total. The minimum absolute atomic E-state index is 0.0610. The summed E-state index contributed by atoms with van der Waals surface area (Å²) in [5, 5.41) is 70.2. The van der Waals surface area contributed by atoms with Gasteiger partial charge in [0.1, 0.15) is 54.9 Å². The van der Waals surface area contributed by atoms with E-state index in [0.29, 0.717) is 6.42 Å². The summed E-state index contributed by atoms with van der Waals surface area (Å²) in [6, 6.07) is 0. The molecule has 3 fully saturated rings. The van der Waals surface area contributed by atoms with Gasteiger partial charge in [-0.1, -0.05) is 0 Å². The zero-order chi connectivity index (χ0) is 24.4. The van der Waals surface area contributed by atoms with Crippen LogP contribution in [0.2, 0.25) is 0 Å². The molecule has 7 N–H and O–H groups in total. The molecule has 14 unspecified atom stereocenters. The van der Waals surface area contributed by atoms with Gasteiger partial charge in [-0.15, -0.1) is 0 Å². The average molecular weight is 484 g/mol. The van der Waals surface area contributed by atoms with Crippen molar-refractivity contribution in [2.45, 2.75) is 106 Å². The molecule has 0 spiro atoms. The monoisotopic (exact) mass is 484 g/mol. The number of ether oxygens (including phenoxy) is 6. The molecule has 0 aromatic carbocycles. The van der Waals surface area contributed by atoms with Gasteiger partial charge < -0.3 is 64.2 Å². The van der Waals surface area contributed by atoms with Crippen LogP contribution in [0, 0.1) is 0 Å². The van der Waals surface area contributed by atoms with Crippen LogP contribution < -0.4 is 0 Å². The standard InChI is InChI=1S/C20H36O13/c1-7-4-9(28-3)18(8(2)30-7)33-20-17(27)15(25)13(23)11(32-20)6-29-19-16(26)14(24)12(22)10(5-21)31-19/h7-27H,4-6H2,1-3H3. The summed E-state index contributed by atoms with van der Waals surface area (Å²) in [5.74, 6) is 0. The van der Waals surface area contributed by atoms with E-state index < -0.39 is 86.8 Å². The van der Waals surface area contributed by atoms with Crippen molar-refractivity contribution in [3.63, 3.8) is 0 Å². The summed E-state index contributed by atoms with van der Waals surface area (Å²) in [6.07, 6.45) is -15.7. The third-order valence-corrected chi connectivity index (χ3v) is 6.38. The molecule has 3 aliphatic heterocycles. The first-order chi connectivity index (χ1) is 15.6. The van der Waals surface area contributed by atoms with Crippen LogP contribution in [0.4, 0.5) is 0 Å². The minimum Gasteiger partial charge on any atom is -0.394 e. The van der Waals surface area contributed by atoms with E-state index in [2.05, 4.69) is 0 Å². The zero-order valence-corrected chi connectivity index (χ0v) is 18.8. The van der Waals surface area contributed by atoms with E-state index in [1.807, 2.05) is 6.92 Å². The molecule has 14 atom stereocenters. The SMILES string of the molecule is COC1CC(C)OC(C)C1OC1OC(COC2OC(CO)C(O)C(O)C2O)C(O)C(O)C1O. The van der Waals surface area contributed by atoms with Crippen molar-refractivity contribution < 1.29 is 64.2 Å². The Kier molecular flexibility index (Phi) is 9.42. The predicted octanol–water partition coefficient (Wildman–Crippen LogP) is -3.79. The predicted molar refractivity (Wildman–Crippen MR) is 107 cm³/mol. The lowest BCUT2D eigenvalue weighted by molar-refractivity contribution is -0.346. The van der Waals surface area contributed by atoms with E-state index in [-0.39, 0.29) is 12.2 Å². The van der Waals surface area contributed by atoms with Gasteiger partial charge in [0, 0.05) is 13.5 Å². The normalized spacial score (nSPS) is 51.5. The second-order valence-electron chi connectivity index (χ2n) is 8.81. The van der Waals surface area contributed by atoms with Gasteiger partial charge in [0.2, 0.25) is 0 Å². The minimum atomic E-state index is -1.64. The van der Waals surface area contributed by atoms with Crippen LogP contribution >= 0.6 is 0 Å². The Hall–Kier alpha value is -0.520. The molecule has 0 aromatic heterocycles. The Balaban J connectivity index is 1.64. The van der Waals surface area contributed by atoms with Gasteiger partial charge in [-0.25, -0.2) is 0 Å². The van der Waals surface area contributed by atoms with Crippen LogP contribution in [0.25, 0.3) is 0 Å². The highest BCUT2D eigenvalue weighted by Crippen LogP contribution is 2.30. The summed E-state index contributed by atoms with van der Waals surface area (Å²) < 4.78 is 33.5. The summed E-state index contributed by atoms with van der Waals surface area (Å²) in [6.45, 7) is 2.62. The summed E-state index contributed by atoms with van der Waals surface area (Å²) in [7, 11) is 1.53. The number of aliphatic hydroxyl groups excluding tert-OH is 7. The van der Waals surface area contributed by atoms with Gasteiger partial charge >= 0.3 is 0 Å². The molecule has 3 heterocycles. The Morgan fingerprint density at radius 1 is 0.758 bits per heavy atom. The Morgan fingerprint density at radius 3 is 1.94 bits per heavy atom. The summed E-state index contributed by atoms with van der Waals surface area (Å²) in [4.78, 5) is 0. The molecule has 0 bridgehead atoms. The molecule has 0 amide bonds. The van der Waals surface area contributed by atoms with Gasteiger partial charge in [0.25, 0.3) is 0 Å². The molecular formula is C20H36O13. The van der Waals surface area contributed by atoms with E-state index in [4.69, 9.17) is 28.4 Å². The molecule has 3 rings (SSSR count). The fourth-order valence-corrected chi connectivity index (χ4v) is 4.41. The second kappa shape index (κ2) is 11.5. The first-order valence-electron chi connectivity index (χ1n) is 11.0. The molecule has 0 radical (unpaired) electrons. The third-order valence-electron chi connectivity index (χ3n) is 6.38. The molecule has 13 heteroatoms. The topological polar surface area (TPSA) is 197 Å². The molecule has 0 aromatic rings. The average Bonchev–Trinajstić information content (AvgIpc) is 2.79. The van der Waals surface area contributed by atoms with E-state index in [0.717, 1.165) is 0 Å². The Labute approximate surface area is 191 Å². The highest BCUT2D eigenvalue weighted by atomic mass is 16.7. The van der Waals surface area contributed by atoms with Crippen LogP contribution in [0.15, 0.2) is 0 Å². The first-order valence-corrected chi connectivity index (χ1v) is 11.0. The quantitative estimate of drug-likeness (QED) is 0.186. The summed E-state index contributed by atoms with van der Waals surface area (Å²) >= 11 is 0. The lowest BCUT2D eigenvalue weighted by Gasteiger charge is -2.45. The third kappa shape index (κ3) is 5.83. The number of methoxy groups -OCH3 is 1. The maximum atomic E-state index is 10.4. The van der Waals surface area contributed by atoms with Crippen LogP contribution in [0.1, 0.15) is 20.3 Å². The van der Waals surface area contributed by atoms with E-state index >= 15 is 0 Å². The highest BCUT2D eigenvalue weighted by Gasteiger charge is 2.49. The van der Waals surface area contributed by atoms with Crippen LogP contribution in [0.3, 0.4) is 0 Å². The molecule has 0 aliphatic carbocycles. The molecule has 33 heavy (non-hydrogen) atoms. The highest BCUT2D eigenvalue weighted by molar-refractivity contribution is 4.93. The van der Waals surface area contributed by atoms with Crippen LogP contribution in [-0.2, 0) is 28.4 Å². The molecule has 3 aliphatic rings. The maximum Gasteiger partial charge on any atom is 0.187 e. The van der Waals surface area contributed by atoms with Crippen LogP contribution in [-0.4, -0.2) is 142 Å². The smallest absolute Gasteiger partial charge is 0.187 e. The van der Waals surface area contributed by atoms with Crippen LogP contribution in [0.5, 0.6) is 0 Å². The van der Waals surface area contributed by atoms with Crippen molar-refractivity contribution in [2.75, 3.05) is 20.3 Å². The lowest BCUT2D eigenvalue weighted by Crippen LogP contribution is -2.63. The number of hydrogen-bond donors (Lipinski definition) is 7. The maximum absolute atomic E-state index is 10.4. The van der Waals surface area contributed by atoms with Gasteiger partial charge in [-0.05, 0) is 13.8 Å². The van der Waals surface area contributed by atoms with Crippen molar-refractivity contribution in [3.8, 4) is 0 Å². The fraction of sp³-hybridized carbons (Fsp3) is 1.00. The largest absolute Gasteiger partial charge is 0.394 e. The number of rotatable bonds is 7. The summed E-state index contributed by atoms with van der Waals surface area (Å²) in [5.41, 5.74) is 0. The van der Waals surface area contributed by atoms with E-state index in [9.17, 15) is 35.7 Å². The molecule has 3 saturated heterocycles. The molecular weight excluding hydrogens is 448 g/mol. The van der Waals surface area contributed by atoms with Gasteiger partial charge in [-0.2, -0.15) is 0 Å². The molecule has 0 saturated carbocycles. The van der Waals surface area contributed by atoms with Crippen molar-refractivity contribution >= 4 is 0 Å². The number of hydrogen-bond acceptors (Lipinski definition) is 13. The van der Waals surface area contributed by atoms with Gasteiger partial charge in [0.15, 0.2) is 12.6 Å². The zero-order valence-electron chi connectivity index (χ0n) is 18.8. The number of aliphatic hydroxyl groups is 7. The van der Waals surface area contributed by atoms with E-state index in [1.165, 1.54) is 7.11 Å². The second-order valence-corrected chi connectivity index (χ2v) is 8.81. The fourth-order valence-electron chi connectivity index (χ4n) is 4.41. The van der Waals surface area contributed by atoms with Gasteiger partial charge in [0.05, 0.1) is 31.5 Å². The van der Waals surface area contributed by atoms with Crippen molar-refractivity contribution in [3.05, 3.63) is 0 Å². The van der Waals surface area contributed by atoms with Crippen molar-refractivity contribution in [2.24, 2.45) is 0 Å². The Bertz CT molecular complexity index is 609. The molecule has 194 valence electrons. The lowest BCUT2D eigenvalue weighted by atomic mass is 9.97. The van der Waals surface area contributed by atoms with E-state index in [1.54, 1.807) is 6.92 Å². The Morgan fingerprint density at radius 2 is 1.33 bits per heavy atom. The van der Waals surface area contributed by atoms with Crippen molar-refractivity contribution in [1.82, 2.24) is 0 Å². The van der Waals surface area contributed by atoms with Gasteiger partial charge in [-0.3, -0.25) is 0 Å². The van der Waals surface area contributed by atoms with Crippen molar-refractivity contribution in [1.29, 1.82) is 0 Å².